The lowest BCUT2D eigenvalue weighted by Crippen LogP contribution is -2.25. The highest BCUT2D eigenvalue weighted by molar-refractivity contribution is 5.97. The van der Waals surface area contributed by atoms with E-state index in [4.69, 9.17) is 14.5 Å². The number of hydrogen-bond acceptors (Lipinski definition) is 5. The van der Waals surface area contributed by atoms with Crippen LogP contribution in [0.4, 0.5) is 0 Å². The minimum atomic E-state index is -0.705. The Morgan fingerprint density at radius 2 is 1.69 bits per heavy atom. The van der Waals surface area contributed by atoms with Crippen LogP contribution >= 0.6 is 0 Å². The smallest absolute Gasteiger partial charge is 0.243 e. The molecular formula is C26H21N3O3. The number of nitrogens with zero attached hydrogens (tertiary/aromatic N) is 3. The maximum absolute atomic E-state index is 12.5. The predicted octanol–water partition coefficient (Wildman–Crippen LogP) is 5.15. The highest BCUT2D eigenvalue weighted by atomic mass is 16.5. The normalized spacial score (nSPS) is 15.4. The second-order valence-electron chi connectivity index (χ2n) is 7.45. The van der Waals surface area contributed by atoms with E-state index < -0.39 is 6.23 Å². The monoisotopic (exact) mass is 423 g/mol. The van der Waals surface area contributed by atoms with Gasteiger partial charge in [0.1, 0.15) is 5.75 Å². The first-order valence-electron chi connectivity index (χ1n) is 10.3. The van der Waals surface area contributed by atoms with Gasteiger partial charge in [0.05, 0.1) is 18.3 Å². The Morgan fingerprint density at radius 1 is 0.938 bits per heavy atom. The van der Waals surface area contributed by atoms with Gasteiger partial charge in [-0.3, -0.25) is 4.79 Å². The van der Waals surface area contributed by atoms with Gasteiger partial charge in [-0.25, -0.2) is 4.98 Å². The van der Waals surface area contributed by atoms with Crippen LogP contribution in [-0.4, -0.2) is 28.9 Å². The van der Waals surface area contributed by atoms with Crippen molar-refractivity contribution in [1.29, 1.82) is 0 Å². The molecule has 1 amide bonds. The molecule has 32 heavy (non-hydrogen) atoms. The molecule has 3 aromatic carbocycles. The van der Waals surface area contributed by atoms with E-state index in [2.05, 4.69) is 5.10 Å². The van der Waals surface area contributed by atoms with E-state index in [9.17, 15) is 4.79 Å². The molecule has 0 N–H and O–H groups in total. The first-order chi connectivity index (χ1) is 15.6. The SMILES string of the molecule is COc1cccc(C2=NN(C(C)=O)C(c3cc(-c4ccccc4)nc4ccccc34)O2)c1. The molecule has 0 spiro atoms. The van der Waals surface area contributed by atoms with E-state index in [1.165, 1.54) is 11.9 Å². The maximum atomic E-state index is 12.5. The summed E-state index contributed by atoms with van der Waals surface area (Å²) in [4.78, 5) is 17.4. The predicted molar refractivity (Wildman–Crippen MR) is 123 cm³/mol. The highest BCUT2D eigenvalue weighted by Crippen LogP contribution is 2.36. The average Bonchev–Trinajstić information content (AvgIpc) is 3.30. The fraction of sp³-hybridized carbons (Fsp3) is 0.115. The minimum Gasteiger partial charge on any atom is -0.497 e. The van der Waals surface area contributed by atoms with Crippen LogP contribution in [0.15, 0.2) is 90.0 Å². The summed E-state index contributed by atoms with van der Waals surface area (Å²) >= 11 is 0. The van der Waals surface area contributed by atoms with Crippen LogP contribution in [0.3, 0.4) is 0 Å². The fourth-order valence-corrected chi connectivity index (χ4v) is 3.81. The van der Waals surface area contributed by atoms with Crippen LogP contribution in [0, 0.1) is 0 Å². The van der Waals surface area contributed by atoms with E-state index in [1.807, 2.05) is 84.9 Å². The topological polar surface area (TPSA) is 64.0 Å². The Morgan fingerprint density at radius 3 is 2.47 bits per heavy atom. The first-order valence-corrected chi connectivity index (χ1v) is 10.3. The zero-order chi connectivity index (χ0) is 22.1. The number of fused-ring (bicyclic) bond motifs is 1. The molecule has 1 unspecified atom stereocenters. The number of hydrazone groups is 1. The number of para-hydroxylation sites is 1. The zero-order valence-corrected chi connectivity index (χ0v) is 17.7. The molecular weight excluding hydrogens is 402 g/mol. The van der Waals surface area contributed by atoms with Crippen molar-refractivity contribution >= 4 is 22.7 Å². The quantitative estimate of drug-likeness (QED) is 0.455. The van der Waals surface area contributed by atoms with Gasteiger partial charge in [0.25, 0.3) is 0 Å². The summed E-state index contributed by atoms with van der Waals surface area (Å²) in [6.07, 6.45) is -0.705. The molecule has 5 rings (SSSR count). The number of rotatable bonds is 4. The van der Waals surface area contributed by atoms with Crippen molar-refractivity contribution in [1.82, 2.24) is 9.99 Å². The molecule has 158 valence electrons. The van der Waals surface area contributed by atoms with Gasteiger partial charge in [0, 0.05) is 29.0 Å². The molecule has 6 heteroatoms. The molecule has 0 saturated carbocycles. The molecule has 1 aromatic heterocycles. The van der Waals surface area contributed by atoms with Gasteiger partial charge in [-0.15, -0.1) is 5.10 Å². The third-order valence-electron chi connectivity index (χ3n) is 5.37. The standard InChI is InChI=1S/C26H21N3O3/c1-17(30)29-26(32-25(28-29)19-11-8-12-20(15-19)31-2)22-16-24(18-9-4-3-5-10-18)27-23-14-7-6-13-21(22)23/h3-16,26H,1-2H3. The van der Waals surface area contributed by atoms with Crippen LogP contribution < -0.4 is 4.74 Å². The third-order valence-corrected chi connectivity index (χ3v) is 5.37. The molecule has 0 bridgehead atoms. The molecule has 1 atom stereocenters. The number of ether oxygens (including phenoxy) is 2. The second kappa shape index (κ2) is 8.15. The molecule has 0 fully saturated rings. The highest BCUT2D eigenvalue weighted by Gasteiger charge is 2.34. The Labute approximate surface area is 185 Å². The van der Waals surface area contributed by atoms with Gasteiger partial charge in [-0.05, 0) is 30.3 Å². The Kier molecular flexibility index (Phi) is 5.03. The van der Waals surface area contributed by atoms with E-state index in [0.29, 0.717) is 11.6 Å². The van der Waals surface area contributed by atoms with Gasteiger partial charge < -0.3 is 9.47 Å². The van der Waals surface area contributed by atoms with Crippen LogP contribution in [0.1, 0.15) is 24.3 Å². The minimum absolute atomic E-state index is 0.213. The Balaban J connectivity index is 1.63. The molecule has 4 aromatic rings. The van der Waals surface area contributed by atoms with Gasteiger partial charge in [-0.1, -0.05) is 54.6 Å². The molecule has 6 nitrogen and oxygen atoms in total. The van der Waals surface area contributed by atoms with Crippen molar-refractivity contribution in [3.05, 3.63) is 96.1 Å². The first kappa shape index (κ1) is 19.8. The molecule has 1 aliphatic rings. The average molecular weight is 423 g/mol. The lowest BCUT2D eigenvalue weighted by molar-refractivity contribution is -0.135. The summed E-state index contributed by atoms with van der Waals surface area (Å²) in [5.41, 5.74) is 4.18. The second-order valence-corrected chi connectivity index (χ2v) is 7.45. The number of aromatic nitrogens is 1. The maximum Gasteiger partial charge on any atom is 0.243 e. The summed E-state index contributed by atoms with van der Waals surface area (Å²) in [6.45, 7) is 1.48. The number of pyridine rings is 1. The van der Waals surface area contributed by atoms with Gasteiger partial charge in [0.2, 0.25) is 18.0 Å². The molecule has 0 saturated heterocycles. The van der Waals surface area contributed by atoms with Gasteiger partial charge in [-0.2, -0.15) is 5.01 Å². The number of carbonyl (C=O) groups excluding carboxylic acids is 1. The number of benzene rings is 3. The van der Waals surface area contributed by atoms with Crippen molar-refractivity contribution in [2.24, 2.45) is 5.10 Å². The lowest BCUT2D eigenvalue weighted by atomic mass is 10.0. The van der Waals surface area contributed by atoms with Crippen molar-refractivity contribution in [3.63, 3.8) is 0 Å². The summed E-state index contributed by atoms with van der Waals surface area (Å²) < 4.78 is 11.6. The van der Waals surface area contributed by atoms with Crippen molar-refractivity contribution in [3.8, 4) is 17.0 Å². The molecule has 0 aliphatic carbocycles. The van der Waals surface area contributed by atoms with Crippen molar-refractivity contribution in [2.75, 3.05) is 7.11 Å². The molecule has 0 radical (unpaired) electrons. The van der Waals surface area contributed by atoms with E-state index in [1.54, 1.807) is 7.11 Å². The molecule has 2 heterocycles. The summed E-state index contributed by atoms with van der Waals surface area (Å²) in [5.74, 6) is 0.841. The van der Waals surface area contributed by atoms with Crippen LogP contribution in [0.25, 0.3) is 22.2 Å². The number of hydrogen-bond donors (Lipinski definition) is 0. The third kappa shape index (κ3) is 3.56. The zero-order valence-electron chi connectivity index (χ0n) is 17.7. The lowest BCUT2D eigenvalue weighted by Gasteiger charge is -2.21. The molecule has 1 aliphatic heterocycles. The summed E-state index contributed by atoms with van der Waals surface area (Å²) in [7, 11) is 1.61. The summed E-state index contributed by atoms with van der Waals surface area (Å²) in [5, 5.41) is 6.79. The van der Waals surface area contributed by atoms with Gasteiger partial charge >= 0.3 is 0 Å². The van der Waals surface area contributed by atoms with E-state index in [0.717, 1.165) is 33.3 Å². The van der Waals surface area contributed by atoms with Gasteiger partial charge in [0.15, 0.2) is 0 Å². The van der Waals surface area contributed by atoms with E-state index in [-0.39, 0.29) is 5.91 Å². The van der Waals surface area contributed by atoms with Crippen LogP contribution in [0.5, 0.6) is 5.75 Å². The Bertz CT molecular complexity index is 1330. The number of carbonyl (C=O) groups is 1. The van der Waals surface area contributed by atoms with Crippen molar-refractivity contribution < 1.29 is 14.3 Å². The summed E-state index contributed by atoms with van der Waals surface area (Å²) in [6, 6.07) is 27.2. The largest absolute Gasteiger partial charge is 0.497 e. The van der Waals surface area contributed by atoms with Crippen molar-refractivity contribution in [2.45, 2.75) is 13.2 Å². The number of amides is 1. The Hall–Kier alpha value is -4.19. The number of methoxy groups -OCH3 is 1. The fourth-order valence-electron chi connectivity index (χ4n) is 3.81. The van der Waals surface area contributed by atoms with Crippen LogP contribution in [-0.2, 0) is 9.53 Å². The van der Waals surface area contributed by atoms with E-state index >= 15 is 0 Å². The van der Waals surface area contributed by atoms with Crippen LogP contribution in [0.2, 0.25) is 0 Å².